The van der Waals surface area contributed by atoms with Crippen LogP contribution >= 0.6 is 0 Å². The fraction of sp³-hybridized carbons (Fsp3) is 0.375. The average molecular weight is 304 g/mol. The van der Waals surface area contributed by atoms with Crippen LogP contribution in [0.15, 0.2) is 30.4 Å². The molecule has 0 saturated heterocycles. The minimum absolute atomic E-state index is 0.0460. The van der Waals surface area contributed by atoms with E-state index < -0.39 is 11.7 Å². The number of hydrogen-bond acceptors (Lipinski definition) is 3. The highest BCUT2D eigenvalue weighted by atomic mass is 19.1. The quantitative estimate of drug-likeness (QED) is 0.737. The van der Waals surface area contributed by atoms with E-state index >= 15 is 0 Å². The zero-order chi connectivity index (χ0) is 15.7. The molecule has 3 N–H and O–H groups in total. The van der Waals surface area contributed by atoms with Gasteiger partial charge in [0.25, 0.3) is 0 Å². The maximum Gasteiger partial charge on any atom is 0.228 e. The Hall–Kier alpha value is -2.21. The van der Waals surface area contributed by atoms with Gasteiger partial charge in [0.05, 0.1) is 5.92 Å². The third-order valence-electron chi connectivity index (χ3n) is 4.11. The number of carbonyl (C=O) groups is 2. The highest BCUT2D eigenvalue weighted by Gasteiger charge is 2.32. The average Bonchev–Trinajstić information content (AvgIpc) is 2.93. The first-order chi connectivity index (χ1) is 10.6. The smallest absolute Gasteiger partial charge is 0.228 e. The molecule has 0 fully saturated rings. The predicted octanol–water partition coefficient (Wildman–Crippen LogP) is 1.30. The fourth-order valence-electron chi connectivity index (χ4n) is 2.97. The first-order valence-electron chi connectivity index (χ1n) is 7.25. The van der Waals surface area contributed by atoms with Crippen LogP contribution in [0.1, 0.15) is 24.3 Å². The molecule has 2 aliphatic rings. The summed E-state index contributed by atoms with van der Waals surface area (Å²) >= 11 is 0. The maximum absolute atomic E-state index is 13.3. The van der Waals surface area contributed by atoms with Crippen molar-refractivity contribution in [1.29, 1.82) is 0 Å². The molecule has 6 heteroatoms. The molecule has 0 spiro atoms. The van der Waals surface area contributed by atoms with Gasteiger partial charge in [0.15, 0.2) is 0 Å². The second-order valence-corrected chi connectivity index (χ2v) is 5.71. The zero-order valence-corrected chi connectivity index (χ0v) is 11.9. The second kappa shape index (κ2) is 5.88. The van der Waals surface area contributed by atoms with Gasteiger partial charge in [-0.2, -0.15) is 0 Å². The Morgan fingerprint density at radius 3 is 2.95 bits per heavy atom. The maximum atomic E-state index is 13.3. The summed E-state index contributed by atoms with van der Waals surface area (Å²) in [6.07, 6.45) is 4.43. The lowest BCUT2D eigenvalue weighted by Gasteiger charge is -2.26. The summed E-state index contributed by atoms with van der Waals surface area (Å²) in [6, 6.07) is 3.91. The van der Waals surface area contributed by atoms with E-state index in [9.17, 15) is 14.0 Å². The van der Waals surface area contributed by atoms with Gasteiger partial charge in [0, 0.05) is 30.7 Å². The van der Waals surface area contributed by atoms with Crippen LogP contribution in [0.2, 0.25) is 0 Å². The van der Waals surface area contributed by atoms with Crippen molar-refractivity contribution in [2.24, 2.45) is 5.92 Å². The fourth-order valence-corrected chi connectivity index (χ4v) is 2.97. The number of hydrogen-bond donors (Lipinski definition) is 3. The number of benzene rings is 1. The molecule has 0 aromatic heterocycles. The third-order valence-corrected chi connectivity index (χ3v) is 4.11. The first-order valence-corrected chi connectivity index (χ1v) is 7.25. The summed E-state index contributed by atoms with van der Waals surface area (Å²) < 4.78 is 13.3. The van der Waals surface area contributed by atoms with Crippen LogP contribution in [-0.2, 0) is 9.59 Å². The topological polar surface area (TPSA) is 78.4 Å². The van der Waals surface area contributed by atoms with Crippen LogP contribution in [0, 0.1) is 11.7 Å². The number of halogens is 1. The van der Waals surface area contributed by atoms with Gasteiger partial charge < -0.3 is 15.7 Å². The van der Waals surface area contributed by atoms with E-state index in [-0.39, 0.29) is 36.8 Å². The van der Waals surface area contributed by atoms with Crippen LogP contribution in [0.4, 0.5) is 10.1 Å². The Bertz CT molecular complexity index is 644. The van der Waals surface area contributed by atoms with Crippen LogP contribution < -0.4 is 10.6 Å². The number of nitrogens with one attached hydrogen (secondary N) is 2. The lowest BCUT2D eigenvalue weighted by molar-refractivity contribution is -0.126. The molecule has 1 heterocycles. The lowest BCUT2D eigenvalue weighted by Crippen LogP contribution is -2.39. The summed E-state index contributed by atoms with van der Waals surface area (Å²) in [5, 5.41) is 14.6. The van der Waals surface area contributed by atoms with Crippen LogP contribution in [0.25, 0.3) is 0 Å². The van der Waals surface area contributed by atoms with E-state index in [1.165, 1.54) is 18.2 Å². The number of aliphatic hydroxyl groups is 1. The van der Waals surface area contributed by atoms with Crippen molar-refractivity contribution in [3.63, 3.8) is 0 Å². The van der Waals surface area contributed by atoms with Crippen molar-refractivity contribution in [2.75, 3.05) is 11.9 Å². The molecule has 1 aliphatic heterocycles. The predicted molar refractivity (Wildman–Crippen MR) is 78.7 cm³/mol. The SMILES string of the molecule is O=C1CC(C(=O)N[C@@H]2C=C[C@H](CO)C2)c2ccc(F)cc2N1. The molecule has 0 bridgehead atoms. The van der Waals surface area contributed by atoms with Crippen molar-refractivity contribution < 1.29 is 19.1 Å². The normalized spacial score (nSPS) is 26.5. The molecule has 1 aromatic rings. The van der Waals surface area contributed by atoms with Gasteiger partial charge in [-0.3, -0.25) is 9.59 Å². The molecule has 3 atom stereocenters. The number of fused-ring (bicyclic) bond motifs is 1. The van der Waals surface area contributed by atoms with Gasteiger partial charge in [0.1, 0.15) is 5.82 Å². The van der Waals surface area contributed by atoms with Crippen LogP contribution in [0.5, 0.6) is 0 Å². The van der Waals surface area contributed by atoms with Gasteiger partial charge in [-0.1, -0.05) is 18.2 Å². The second-order valence-electron chi connectivity index (χ2n) is 5.71. The molecule has 22 heavy (non-hydrogen) atoms. The lowest BCUT2D eigenvalue weighted by atomic mass is 9.89. The monoisotopic (exact) mass is 304 g/mol. The minimum atomic E-state index is -0.620. The summed E-state index contributed by atoms with van der Waals surface area (Å²) in [7, 11) is 0. The number of aliphatic hydroxyl groups excluding tert-OH is 1. The third kappa shape index (κ3) is 2.87. The van der Waals surface area contributed by atoms with Gasteiger partial charge in [-0.15, -0.1) is 0 Å². The first kappa shape index (κ1) is 14.7. The molecule has 2 amide bonds. The Labute approximate surface area is 127 Å². The van der Waals surface area contributed by atoms with Gasteiger partial charge >= 0.3 is 0 Å². The molecule has 1 aliphatic carbocycles. The summed E-state index contributed by atoms with van der Waals surface area (Å²) in [5.74, 6) is -1.57. The van der Waals surface area contributed by atoms with E-state index in [2.05, 4.69) is 10.6 Å². The molecule has 1 unspecified atom stereocenters. The van der Waals surface area contributed by atoms with E-state index in [0.717, 1.165) is 0 Å². The van der Waals surface area contributed by atoms with Crippen molar-refractivity contribution in [3.05, 3.63) is 41.7 Å². The van der Waals surface area contributed by atoms with Gasteiger partial charge in [0.2, 0.25) is 11.8 Å². The van der Waals surface area contributed by atoms with Crippen molar-refractivity contribution in [2.45, 2.75) is 24.8 Å². The van der Waals surface area contributed by atoms with Crippen LogP contribution in [-0.4, -0.2) is 29.6 Å². The van der Waals surface area contributed by atoms with Crippen molar-refractivity contribution >= 4 is 17.5 Å². The summed E-state index contributed by atoms with van der Waals surface area (Å²) in [5.41, 5.74) is 0.978. The molecule has 0 saturated carbocycles. The Balaban J connectivity index is 1.76. The van der Waals surface area contributed by atoms with Crippen molar-refractivity contribution in [1.82, 2.24) is 5.32 Å². The van der Waals surface area contributed by atoms with Crippen LogP contribution in [0.3, 0.4) is 0 Å². The molecule has 3 rings (SSSR count). The zero-order valence-electron chi connectivity index (χ0n) is 11.9. The minimum Gasteiger partial charge on any atom is -0.396 e. The molecular formula is C16H17FN2O3. The number of amides is 2. The molecular weight excluding hydrogens is 287 g/mol. The highest BCUT2D eigenvalue weighted by Crippen LogP contribution is 2.33. The summed E-state index contributed by atoms with van der Waals surface area (Å²) in [6.45, 7) is 0.0524. The summed E-state index contributed by atoms with van der Waals surface area (Å²) in [4.78, 5) is 24.2. The number of rotatable bonds is 3. The number of carbonyl (C=O) groups excluding carboxylic acids is 2. The molecule has 0 radical (unpaired) electrons. The van der Waals surface area contributed by atoms with Crippen molar-refractivity contribution in [3.8, 4) is 0 Å². The highest BCUT2D eigenvalue weighted by molar-refractivity contribution is 6.01. The van der Waals surface area contributed by atoms with E-state index in [1.54, 1.807) is 0 Å². The number of anilines is 1. The Morgan fingerprint density at radius 2 is 2.23 bits per heavy atom. The molecule has 116 valence electrons. The Morgan fingerprint density at radius 1 is 1.41 bits per heavy atom. The standard InChI is InChI=1S/C16H17FN2O3/c17-10-2-4-12-13(7-15(21)19-14(12)6-10)16(22)18-11-3-1-9(5-11)8-20/h1-4,6,9,11,13,20H,5,7-8H2,(H,18,22)(H,19,21)/t9-,11+,13?/m0/s1. The molecule has 5 nitrogen and oxygen atoms in total. The van der Waals surface area contributed by atoms with E-state index in [4.69, 9.17) is 5.11 Å². The van der Waals surface area contributed by atoms with E-state index in [1.807, 2.05) is 12.2 Å². The molecule has 1 aromatic carbocycles. The van der Waals surface area contributed by atoms with Gasteiger partial charge in [-0.05, 0) is 24.1 Å². The largest absolute Gasteiger partial charge is 0.396 e. The Kier molecular flexibility index (Phi) is 3.94. The van der Waals surface area contributed by atoms with Gasteiger partial charge in [-0.25, -0.2) is 4.39 Å². The van der Waals surface area contributed by atoms with E-state index in [0.29, 0.717) is 17.7 Å².